The molecule has 6 heteroatoms. The van der Waals surface area contributed by atoms with Crippen LogP contribution in [0.4, 0.5) is 4.39 Å². The van der Waals surface area contributed by atoms with E-state index in [1.807, 2.05) is 28.8 Å². The van der Waals surface area contributed by atoms with Crippen LogP contribution < -0.4 is 0 Å². The first-order valence-electron chi connectivity index (χ1n) is 6.23. The Kier molecular flexibility index (Phi) is 4.20. The molecule has 0 fully saturated rings. The topological polar surface area (TPSA) is 17.8 Å². The van der Waals surface area contributed by atoms with E-state index in [2.05, 4.69) is 20.9 Å². The van der Waals surface area contributed by atoms with Crippen molar-refractivity contribution in [3.63, 3.8) is 0 Å². The number of nitrogens with zero attached hydrogens (tertiary/aromatic N) is 2. The summed E-state index contributed by atoms with van der Waals surface area (Å²) < 4.78 is 16.5. The number of aromatic nitrogens is 2. The highest BCUT2D eigenvalue weighted by Gasteiger charge is 2.13. The number of rotatable bonds is 3. The van der Waals surface area contributed by atoms with Gasteiger partial charge < -0.3 is 4.57 Å². The molecule has 0 aliphatic carbocycles. The third-order valence-electron chi connectivity index (χ3n) is 3.24. The van der Waals surface area contributed by atoms with Gasteiger partial charge in [-0.25, -0.2) is 9.37 Å². The molecule has 21 heavy (non-hydrogen) atoms. The zero-order valence-electron chi connectivity index (χ0n) is 10.8. The molecule has 2 aromatic carbocycles. The van der Waals surface area contributed by atoms with Crippen molar-refractivity contribution in [2.45, 2.75) is 12.4 Å². The molecule has 0 aliphatic heterocycles. The maximum absolute atomic E-state index is 13.5. The monoisotopic (exact) mass is 386 g/mol. The van der Waals surface area contributed by atoms with Gasteiger partial charge in [-0.2, -0.15) is 0 Å². The Hall–Kier alpha value is -1.10. The molecule has 1 heterocycles. The first kappa shape index (κ1) is 14.8. The van der Waals surface area contributed by atoms with Crippen LogP contribution in [0.3, 0.4) is 0 Å². The Morgan fingerprint density at radius 2 is 1.90 bits per heavy atom. The largest absolute Gasteiger partial charge is 0.322 e. The lowest BCUT2D eigenvalue weighted by Gasteiger charge is -2.08. The number of benzene rings is 2. The fourth-order valence-electron chi connectivity index (χ4n) is 2.22. The maximum Gasteiger partial charge on any atom is 0.144 e. The molecule has 0 amide bonds. The van der Waals surface area contributed by atoms with Crippen LogP contribution in [0.5, 0.6) is 0 Å². The average Bonchev–Trinajstić information content (AvgIpc) is 2.79. The second-order valence-electron chi connectivity index (χ2n) is 4.63. The first-order chi connectivity index (χ1) is 10.1. The van der Waals surface area contributed by atoms with Gasteiger partial charge in [0.05, 0.1) is 21.9 Å². The lowest BCUT2D eigenvalue weighted by Crippen LogP contribution is -2.03. The van der Waals surface area contributed by atoms with Crippen LogP contribution in [-0.2, 0) is 12.4 Å². The molecule has 108 valence electrons. The Labute approximate surface area is 139 Å². The Morgan fingerprint density at radius 1 is 1.19 bits per heavy atom. The van der Waals surface area contributed by atoms with Crippen LogP contribution in [0.15, 0.2) is 40.9 Å². The van der Waals surface area contributed by atoms with E-state index >= 15 is 0 Å². The quantitative estimate of drug-likeness (QED) is 0.551. The van der Waals surface area contributed by atoms with Crippen LogP contribution >= 0.6 is 39.1 Å². The summed E-state index contributed by atoms with van der Waals surface area (Å²) in [6.45, 7) is 0.605. The van der Waals surface area contributed by atoms with Crippen molar-refractivity contribution in [2.75, 3.05) is 0 Å². The molecule has 2 nitrogen and oxygen atoms in total. The second-order valence-corrected chi connectivity index (χ2v) is 6.22. The van der Waals surface area contributed by atoms with Crippen molar-refractivity contribution >= 4 is 50.2 Å². The van der Waals surface area contributed by atoms with Crippen molar-refractivity contribution in [3.8, 4) is 0 Å². The van der Waals surface area contributed by atoms with Crippen molar-refractivity contribution < 1.29 is 4.39 Å². The minimum Gasteiger partial charge on any atom is -0.322 e. The molecule has 1 aromatic heterocycles. The van der Waals surface area contributed by atoms with Crippen molar-refractivity contribution in [1.82, 2.24) is 9.55 Å². The van der Waals surface area contributed by atoms with Gasteiger partial charge in [0.25, 0.3) is 0 Å². The third-order valence-corrected chi connectivity index (χ3v) is 4.30. The van der Waals surface area contributed by atoms with Gasteiger partial charge in [-0.15, -0.1) is 11.6 Å². The van der Waals surface area contributed by atoms with E-state index in [9.17, 15) is 4.39 Å². The summed E-state index contributed by atoms with van der Waals surface area (Å²) in [4.78, 5) is 4.37. The van der Waals surface area contributed by atoms with Gasteiger partial charge in [-0.1, -0.05) is 39.7 Å². The predicted molar refractivity (Wildman–Crippen MR) is 87.5 cm³/mol. The molecule has 3 aromatic rings. The number of halogens is 4. The SMILES string of the molecule is Fc1cc2nc(CCl)n(Cc3ccc(Br)cc3)c2cc1Cl. The summed E-state index contributed by atoms with van der Waals surface area (Å²) in [5.74, 6) is 0.472. The standard InChI is InChI=1S/C15H10BrCl2FN2/c16-10-3-1-9(2-4-10)8-21-14-5-11(18)12(19)6-13(14)20-15(21)7-17/h1-6H,7-8H2. The smallest absolute Gasteiger partial charge is 0.144 e. The van der Waals surface area contributed by atoms with E-state index in [4.69, 9.17) is 23.2 Å². The summed E-state index contributed by atoms with van der Waals surface area (Å²) in [6, 6.07) is 10.9. The van der Waals surface area contributed by atoms with Crippen LogP contribution in [0.2, 0.25) is 5.02 Å². The van der Waals surface area contributed by atoms with Crippen molar-refractivity contribution in [2.24, 2.45) is 0 Å². The minimum atomic E-state index is -0.474. The molecule has 0 saturated heterocycles. The molecule has 0 radical (unpaired) electrons. The van der Waals surface area contributed by atoms with E-state index in [1.54, 1.807) is 6.07 Å². The number of alkyl halides is 1. The first-order valence-corrected chi connectivity index (χ1v) is 7.93. The van der Waals surface area contributed by atoms with Crippen LogP contribution in [0.25, 0.3) is 11.0 Å². The van der Waals surface area contributed by atoms with Gasteiger partial charge in [0.2, 0.25) is 0 Å². The van der Waals surface area contributed by atoms with E-state index in [-0.39, 0.29) is 10.9 Å². The molecular weight excluding hydrogens is 378 g/mol. The molecular formula is C15H10BrCl2FN2. The van der Waals surface area contributed by atoms with Gasteiger partial charge in [-0.3, -0.25) is 0 Å². The van der Waals surface area contributed by atoms with Gasteiger partial charge in [0.15, 0.2) is 0 Å². The normalized spacial score (nSPS) is 11.2. The van der Waals surface area contributed by atoms with Gasteiger partial charge in [-0.05, 0) is 23.8 Å². The predicted octanol–water partition coefficient (Wildman–Crippen LogP) is 5.38. The van der Waals surface area contributed by atoms with Crippen LogP contribution in [-0.4, -0.2) is 9.55 Å². The molecule has 0 unspecified atom stereocenters. The highest BCUT2D eigenvalue weighted by atomic mass is 79.9. The van der Waals surface area contributed by atoms with Gasteiger partial charge in [0.1, 0.15) is 11.6 Å². The van der Waals surface area contributed by atoms with E-state index in [1.165, 1.54) is 6.07 Å². The summed E-state index contributed by atoms with van der Waals surface area (Å²) in [7, 11) is 0. The summed E-state index contributed by atoms with van der Waals surface area (Å²) in [5, 5.41) is 0.0839. The molecule has 0 atom stereocenters. The van der Waals surface area contributed by atoms with E-state index in [0.29, 0.717) is 17.9 Å². The molecule has 0 saturated carbocycles. The fraction of sp³-hybridized carbons (Fsp3) is 0.133. The number of hydrogen-bond donors (Lipinski definition) is 0. The maximum atomic E-state index is 13.5. The van der Waals surface area contributed by atoms with Crippen molar-refractivity contribution in [3.05, 3.63) is 63.1 Å². The van der Waals surface area contributed by atoms with Gasteiger partial charge in [0, 0.05) is 17.1 Å². The van der Waals surface area contributed by atoms with E-state index < -0.39 is 5.82 Å². The molecule has 0 spiro atoms. The Morgan fingerprint density at radius 3 is 2.57 bits per heavy atom. The van der Waals surface area contributed by atoms with Crippen LogP contribution in [0, 0.1) is 5.82 Å². The summed E-state index contributed by atoms with van der Waals surface area (Å²) in [6.07, 6.45) is 0. The number of imidazole rings is 1. The minimum absolute atomic E-state index is 0.0839. The molecule has 0 aliphatic rings. The zero-order chi connectivity index (χ0) is 15.0. The fourth-order valence-corrected chi connectivity index (χ4v) is 2.85. The number of hydrogen-bond acceptors (Lipinski definition) is 1. The molecule has 0 N–H and O–H groups in total. The van der Waals surface area contributed by atoms with Gasteiger partial charge >= 0.3 is 0 Å². The number of fused-ring (bicyclic) bond motifs is 1. The average molecular weight is 388 g/mol. The van der Waals surface area contributed by atoms with E-state index in [0.717, 1.165) is 15.6 Å². The highest BCUT2D eigenvalue weighted by molar-refractivity contribution is 9.10. The highest BCUT2D eigenvalue weighted by Crippen LogP contribution is 2.25. The molecule has 0 bridgehead atoms. The lowest BCUT2D eigenvalue weighted by molar-refractivity contribution is 0.629. The van der Waals surface area contributed by atoms with Crippen molar-refractivity contribution in [1.29, 1.82) is 0 Å². The zero-order valence-corrected chi connectivity index (χ0v) is 13.9. The Balaban J connectivity index is 2.11. The summed E-state index contributed by atoms with van der Waals surface area (Å²) >= 11 is 15.2. The van der Waals surface area contributed by atoms with Crippen LogP contribution in [0.1, 0.15) is 11.4 Å². The molecule has 3 rings (SSSR count). The Bertz CT molecular complexity index is 800. The second kappa shape index (κ2) is 5.95. The lowest BCUT2D eigenvalue weighted by atomic mass is 10.2. The summed E-state index contributed by atoms with van der Waals surface area (Å²) in [5.41, 5.74) is 2.44. The third kappa shape index (κ3) is 2.93.